The summed E-state index contributed by atoms with van der Waals surface area (Å²) in [4.78, 5) is 10.0. The quantitative estimate of drug-likeness (QED) is 0.686. The SMILES string of the molecule is S=C(S)N(Cc1ccncc1)Cc1ccncc1. The van der Waals surface area contributed by atoms with Gasteiger partial charge in [-0.3, -0.25) is 9.97 Å². The van der Waals surface area contributed by atoms with Crippen LogP contribution in [0.5, 0.6) is 0 Å². The van der Waals surface area contributed by atoms with Crippen LogP contribution in [0.1, 0.15) is 11.1 Å². The van der Waals surface area contributed by atoms with Crippen LogP contribution in [-0.2, 0) is 13.1 Å². The van der Waals surface area contributed by atoms with Gasteiger partial charge in [-0.1, -0.05) is 12.2 Å². The highest BCUT2D eigenvalue weighted by Crippen LogP contribution is 2.11. The van der Waals surface area contributed by atoms with Gasteiger partial charge in [0.25, 0.3) is 0 Å². The van der Waals surface area contributed by atoms with Crippen molar-refractivity contribution in [2.75, 3.05) is 0 Å². The van der Waals surface area contributed by atoms with E-state index in [9.17, 15) is 0 Å². The van der Waals surface area contributed by atoms with Crippen LogP contribution >= 0.6 is 24.8 Å². The van der Waals surface area contributed by atoms with Gasteiger partial charge in [0.05, 0.1) is 0 Å². The van der Waals surface area contributed by atoms with Crippen LogP contribution in [-0.4, -0.2) is 19.2 Å². The Kier molecular flexibility index (Phi) is 4.66. The van der Waals surface area contributed by atoms with Crippen molar-refractivity contribution in [1.29, 1.82) is 0 Å². The fourth-order valence-electron chi connectivity index (χ4n) is 1.61. The number of nitrogens with zero attached hydrogens (tertiary/aromatic N) is 3. The second-order valence-corrected chi connectivity index (χ2v) is 4.96. The minimum absolute atomic E-state index is 0.587. The van der Waals surface area contributed by atoms with Crippen molar-refractivity contribution in [3.8, 4) is 0 Å². The van der Waals surface area contributed by atoms with Crippen LogP contribution < -0.4 is 0 Å². The van der Waals surface area contributed by atoms with Crippen LogP contribution in [0.3, 0.4) is 0 Å². The molecule has 0 aliphatic carbocycles. The molecule has 0 saturated heterocycles. The summed E-state index contributed by atoms with van der Waals surface area (Å²) < 4.78 is 0.587. The summed E-state index contributed by atoms with van der Waals surface area (Å²) in [5, 5.41) is 0. The van der Waals surface area contributed by atoms with Crippen molar-refractivity contribution in [3.05, 3.63) is 60.2 Å². The first kappa shape index (κ1) is 13.0. The van der Waals surface area contributed by atoms with E-state index in [2.05, 4.69) is 22.6 Å². The molecule has 0 saturated carbocycles. The zero-order chi connectivity index (χ0) is 12.8. The first-order valence-electron chi connectivity index (χ1n) is 5.51. The Labute approximate surface area is 117 Å². The van der Waals surface area contributed by atoms with Gasteiger partial charge in [0.15, 0.2) is 0 Å². The maximum Gasteiger partial charge on any atom is 0.133 e. The van der Waals surface area contributed by atoms with Crippen LogP contribution in [0, 0.1) is 0 Å². The van der Waals surface area contributed by atoms with Gasteiger partial charge in [0, 0.05) is 37.9 Å². The highest BCUT2D eigenvalue weighted by Gasteiger charge is 2.08. The van der Waals surface area contributed by atoms with Crippen molar-refractivity contribution in [1.82, 2.24) is 14.9 Å². The van der Waals surface area contributed by atoms with E-state index in [1.54, 1.807) is 24.8 Å². The lowest BCUT2D eigenvalue weighted by molar-refractivity contribution is 0.421. The highest BCUT2D eigenvalue weighted by molar-refractivity contribution is 8.10. The summed E-state index contributed by atoms with van der Waals surface area (Å²) in [6, 6.07) is 7.91. The molecule has 0 bridgehead atoms. The van der Waals surface area contributed by atoms with Crippen LogP contribution in [0.2, 0.25) is 0 Å². The predicted molar refractivity (Wildman–Crippen MR) is 79.3 cm³/mol. The Morgan fingerprint density at radius 1 is 0.944 bits per heavy atom. The minimum Gasteiger partial charge on any atom is -0.349 e. The summed E-state index contributed by atoms with van der Waals surface area (Å²) in [7, 11) is 0. The van der Waals surface area contributed by atoms with Crippen LogP contribution in [0.25, 0.3) is 0 Å². The van der Waals surface area contributed by atoms with Crippen LogP contribution in [0.15, 0.2) is 49.1 Å². The van der Waals surface area contributed by atoms with Crippen molar-refractivity contribution in [2.45, 2.75) is 13.1 Å². The fourth-order valence-corrected chi connectivity index (χ4v) is 1.88. The molecule has 0 unspecified atom stereocenters. The lowest BCUT2D eigenvalue weighted by atomic mass is 10.2. The number of thiol groups is 1. The number of pyridine rings is 2. The van der Waals surface area contributed by atoms with E-state index in [4.69, 9.17) is 12.2 Å². The number of hydrogen-bond acceptors (Lipinski definition) is 3. The standard InChI is InChI=1S/C13H13N3S2/c17-13(18)16(9-11-1-5-14-6-2-11)10-12-3-7-15-8-4-12/h1-8H,9-10H2,(H,17,18). The van der Waals surface area contributed by atoms with Crippen molar-refractivity contribution >= 4 is 29.2 Å². The van der Waals surface area contributed by atoms with Gasteiger partial charge in [-0.05, 0) is 35.4 Å². The molecule has 0 N–H and O–H groups in total. The zero-order valence-electron chi connectivity index (χ0n) is 9.73. The molecule has 0 fully saturated rings. The van der Waals surface area contributed by atoms with E-state index in [0.29, 0.717) is 4.32 Å². The third-order valence-corrected chi connectivity index (χ3v) is 3.06. The molecule has 2 aromatic heterocycles. The Morgan fingerprint density at radius 2 is 1.33 bits per heavy atom. The van der Waals surface area contributed by atoms with E-state index in [1.807, 2.05) is 29.2 Å². The maximum atomic E-state index is 5.17. The molecule has 92 valence electrons. The Morgan fingerprint density at radius 3 is 1.67 bits per heavy atom. The van der Waals surface area contributed by atoms with Gasteiger partial charge in [0.1, 0.15) is 4.32 Å². The van der Waals surface area contributed by atoms with Crippen molar-refractivity contribution < 1.29 is 0 Å². The summed E-state index contributed by atoms with van der Waals surface area (Å²) in [6.45, 7) is 1.46. The zero-order valence-corrected chi connectivity index (χ0v) is 11.4. The number of hydrogen-bond donors (Lipinski definition) is 1. The van der Waals surface area contributed by atoms with E-state index in [1.165, 1.54) is 0 Å². The van der Waals surface area contributed by atoms with E-state index >= 15 is 0 Å². The summed E-state index contributed by atoms with van der Waals surface area (Å²) in [5.74, 6) is 0. The molecule has 0 amide bonds. The molecule has 0 aliphatic heterocycles. The molecule has 5 heteroatoms. The molecule has 0 spiro atoms. The van der Waals surface area contributed by atoms with Gasteiger partial charge >= 0.3 is 0 Å². The second kappa shape index (κ2) is 6.47. The molecule has 2 heterocycles. The average molecular weight is 275 g/mol. The molecule has 2 aromatic rings. The van der Waals surface area contributed by atoms with Gasteiger partial charge in [-0.25, -0.2) is 0 Å². The molecular weight excluding hydrogens is 262 g/mol. The predicted octanol–water partition coefficient (Wildman–Crippen LogP) is 2.69. The number of rotatable bonds is 4. The third kappa shape index (κ3) is 3.78. The van der Waals surface area contributed by atoms with Gasteiger partial charge in [-0.15, -0.1) is 12.6 Å². The molecule has 0 atom stereocenters. The Bertz CT molecular complexity index is 461. The average Bonchev–Trinajstić information content (AvgIpc) is 2.40. The summed E-state index contributed by atoms with van der Waals surface area (Å²) in [6.07, 6.45) is 7.12. The molecule has 3 nitrogen and oxygen atoms in total. The monoisotopic (exact) mass is 275 g/mol. The van der Waals surface area contributed by atoms with E-state index in [-0.39, 0.29) is 0 Å². The topological polar surface area (TPSA) is 29.0 Å². The fraction of sp³-hybridized carbons (Fsp3) is 0.154. The van der Waals surface area contributed by atoms with Crippen LogP contribution in [0.4, 0.5) is 0 Å². The first-order chi connectivity index (χ1) is 8.75. The molecule has 0 aliphatic rings. The molecule has 2 rings (SSSR count). The molecule has 0 radical (unpaired) electrons. The lowest BCUT2D eigenvalue weighted by Gasteiger charge is -2.22. The van der Waals surface area contributed by atoms with E-state index < -0.39 is 0 Å². The molecule has 0 aromatic carbocycles. The normalized spacial score (nSPS) is 10.1. The number of aromatic nitrogens is 2. The second-order valence-electron chi connectivity index (χ2n) is 3.85. The third-order valence-electron chi connectivity index (χ3n) is 2.52. The van der Waals surface area contributed by atoms with Gasteiger partial charge in [0.2, 0.25) is 0 Å². The molecular formula is C13H13N3S2. The minimum atomic E-state index is 0.587. The summed E-state index contributed by atoms with van der Waals surface area (Å²) >= 11 is 9.45. The van der Waals surface area contributed by atoms with Gasteiger partial charge < -0.3 is 4.90 Å². The molecule has 18 heavy (non-hydrogen) atoms. The van der Waals surface area contributed by atoms with Gasteiger partial charge in [-0.2, -0.15) is 0 Å². The van der Waals surface area contributed by atoms with Crippen molar-refractivity contribution in [2.24, 2.45) is 0 Å². The Balaban J connectivity index is 2.08. The Hall–Kier alpha value is -1.46. The largest absolute Gasteiger partial charge is 0.349 e. The first-order valence-corrected chi connectivity index (χ1v) is 6.37. The highest BCUT2D eigenvalue weighted by atomic mass is 32.1. The number of thiocarbonyl (C=S) groups is 1. The smallest absolute Gasteiger partial charge is 0.133 e. The maximum absolute atomic E-state index is 5.17. The van der Waals surface area contributed by atoms with E-state index in [0.717, 1.165) is 24.2 Å². The summed E-state index contributed by atoms with van der Waals surface area (Å²) in [5.41, 5.74) is 2.32. The van der Waals surface area contributed by atoms with Crippen molar-refractivity contribution in [3.63, 3.8) is 0 Å². The lowest BCUT2D eigenvalue weighted by Crippen LogP contribution is -2.25.